The molecule has 1 aromatic heterocycles. The van der Waals surface area contributed by atoms with Crippen molar-refractivity contribution < 1.29 is 14.3 Å². The fourth-order valence-electron chi connectivity index (χ4n) is 3.21. The Balaban J connectivity index is 1.91. The fraction of sp³-hybridized carbons (Fsp3) is 0.412. The van der Waals surface area contributed by atoms with Gasteiger partial charge in [0.1, 0.15) is 5.82 Å². The number of benzene rings is 1. The molecule has 1 aliphatic carbocycles. The molecule has 1 aromatic carbocycles. The number of rotatable bonds is 3. The molecule has 0 radical (unpaired) electrons. The first kappa shape index (κ1) is 14.8. The molecule has 22 heavy (non-hydrogen) atoms. The number of carboxylic acids is 1. The van der Waals surface area contributed by atoms with Crippen LogP contribution in [0.2, 0.25) is 0 Å². The van der Waals surface area contributed by atoms with Crippen LogP contribution in [0.3, 0.4) is 0 Å². The van der Waals surface area contributed by atoms with E-state index in [1.807, 2.05) is 10.9 Å². The van der Waals surface area contributed by atoms with Gasteiger partial charge in [-0.3, -0.25) is 4.68 Å². The average molecular weight is 302 g/mol. The summed E-state index contributed by atoms with van der Waals surface area (Å²) in [5, 5.41) is 13.4. The van der Waals surface area contributed by atoms with Crippen molar-refractivity contribution in [2.45, 2.75) is 45.1 Å². The van der Waals surface area contributed by atoms with Gasteiger partial charge in [-0.25, -0.2) is 9.18 Å². The van der Waals surface area contributed by atoms with Crippen molar-refractivity contribution in [2.24, 2.45) is 0 Å². The van der Waals surface area contributed by atoms with Crippen LogP contribution in [0.5, 0.6) is 0 Å². The Labute approximate surface area is 128 Å². The molecule has 0 bridgehead atoms. The Morgan fingerprint density at radius 1 is 1.27 bits per heavy atom. The zero-order valence-electron chi connectivity index (χ0n) is 12.6. The third-order valence-corrected chi connectivity index (χ3v) is 4.38. The SMILES string of the molecule is Cc1cc(-c2cnn(C3CCCCC3)c2)cc(F)c1C(=O)O. The van der Waals surface area contributed by atoms with E-state index in [0.29, 0.717) is 17.2 Å². The number of nitrogens with zero attached hydrogens (tertiary/aromatic N) is 2. The predicted molar refractivity (Wildman–Crippen MR) is 81.4 cm³/mol. The minimum Gasteiger partial charge on any atom is -0.478 e. The van der Waals surface area contributed by atoms with Gasteiger partial charge >= 0.3 is 5.97 Å². The normalized spacial score (nSPS) is 15.9. The van der Waals surface area contributed by atoms with E-state index in [4.69, 9.17) is 5.11 Å². The molecule has 0 saturated heterocycles. The van der Waals surface area contributed by atoms with Crippen molar-refractivity contribution in [2.75, 3.05) is 0 Å². The first-order valence-corrected chi connectivity index (χ1v) is 7.64. The highest BCUT2D eigenvalue weighted by atomic mass is 19.1. The van der Waals surface area contributed by atoms with E-state index in [0.717, 1.165) is 18.4 Å². The molecule has 0 amide bonds. The third-order valence-electron chi connectivity index (χ3n) is 4.38. The van der Waals surface area contributed by atoms with Crippen molar-refractivity contribution in [3.05, 3.63) is 41.5 Å². The second kappa shape index (κ2) is 5.91. The highest BCUT2D eigenvalue weighted by Gasteiger charge is 2.18. The van der Waals surface area contributed by atoms with Gasteiger partial charge in [-0.1, -0.05) is 25.3 Å². The Kier molecular flexibility index (Phi) is 3.96. The molecule has 0 unspecified atom stereocenters. The van der Waals surface area contributed by atoms with Crippen LogP contribution in [-0.4, -0.2) is 20.9 Å². The first-order valence-electron chi connectivity index (χ1n) is 7.64. The average Bonchev–Trinajstić information content (AvgIpc) is 2.97. The lowest BCUT2D eigenvalue weighted by molar-refractivity contribution is 0.0691. The predicted octanol–water partition coefficient (Wildman–Crippen LogP) is 4.20. The van der Waals surface area contributed by atoms with Crippen molar-refractivity contribution in [1.29, 1.82) is 0 Å². The summed E-state index contributed by atoms with van der Waals surface area (Å²) in [7, 11) is 0. The zero-order chi connectivity index (χ0) is 15.7. The van der Waals surface area contributed by atoms with Crippen molar-refractivity contribution in [1.82, 2.24) is 9.78 Å². The van der Waals surface area contributed by atoms with E-state index in [9.17, 15) is 9.18 Å². The largest absolute Gasteiger partial charge is 0.478 e. The Bertz CT molecular complexity index is 679. The Morgan fingerprint density at radius 3 is 2.64 bits per heavy atom. The number of hydrogen-bond donors (Lipinski definition) is 1. The highest BCUT2D eigenvalue weighted by molar-refractivity contribution is 5.90. The fourth-order valence-corrected chi connectivity index (χ4v) is 3.21. The zero-order valence-corrected chi connectivity index (χ0v) is 12.6. The molecule has 116 valence electrons. The van der Waals surface area contributed by atoms with Gasteiger partial charge < -0.3 is 5.11 Å². The molecule has 1 heterocycles. The molecule has 1 aliphatic rings. The van der Waals surface area contributed by atoms with Crippen LogP contribution in [0.15, 0.2) is 24.5 Å². The summed E-state index contributed by atoms with van der Waals surface area (Å²) >= 11 is 0. The number of carbonyl (C=O) groups is 1. The van der Waals surface area contributed by atoms with Gasteiger partial charge in [-0.15, -0.1) is 0 Å². The topological polar surface area (TPSA) is 55.1 Å². The highest BCUT2D eigenvalue weighted by Crippen LogP contribution is 2.30. The van der Waals surface area contributed by atoms with E-state index in [1.54, 1.807) is 19.2 Å². The van der Waals surface area contributed by atoms with E-state index in [-0.39, 0.29) is 5.56 Å². The molecular weight excluding hydrogens is 283 g/mol. The number of aryl methyl sites for hydroxylation is 1. The Morgan fingerprint density at radius 2 is 2.00 bits per heavy atom. The maximum Gasteiger partial charge on any atom is 0.338 e. The van der Waals surface area contributed by atoms with Crippen LogP contribution in [-0.2, 0) is 0 Å². The smallest absolute Gasteiger partial charge is 0.338 e. The molecule has 3 rings (SSSR count). The van der Waals surface area contributed by atoms with E-state index in [1.165, 1.54) is 25.3 Å². The van der Waals surface area contributed by atoms with Gasteiger partial charge in [0.25, 0.3) is 0 Å². The van der Waals surface area contributed by atoms with Crippen molar-refractivity contribution in [3.63, 3.8) is 0 Å². The summed E-state index contributed by atoms with van der Waals surface area (Å²) in [6, 6.07) is 3.40. The summed E-state index contributed by atoms with van der Waals surface area (Å²) in [4.78, 5) is 11.0. The summed E-state index contributed by atoms with van der Waals surface area (Å²) in [6.45, 7) is 1.61. The van der Waals surface area contributed by atoms with Gasteiger partial charge in [-0.05, 0) is 37.0 Å². The lowest BCUT2D eigenvalue weighted by Gasteiger charge is -2.21. The second-order valence-corrected chi connectivity index (χ2v) is 5.96. The van der Waals surface area contributed by atoms with Crippen LogP contribution >= 0.6 is 0 Å². The minimum absolute atomic E-state index is 0.261. The minimum atomic E-state index is -1.24. The number of hydrogen-bond acceptors (Lipinski definition) is 2. The van der Waals surface area contributed by atoms with Crippen LogP contribution in [0.25, 0.3) is 11.1 Å². The molecular formula is C17H19FN2O2. The van der Waals surface area contributed by atoms with Crippen LogP contribution in [0.1, 0.15) is 54.1 Å². The lowest BCUT2D eigenvalue weighted by atomic mass is 9.96. The second-order valence-electron chi connectivity index (χ2n) is 5.96. The number of aromatic carboxylic acids is 1. The monoisotopic (exact) mass is 302 g/mol. The summed E-state index contributed by atoms with van der Waals surface area (Å²) in [6.07, 6.45) is 9.65. The first-order chi connectivity index (χ1) is 10.6. The van der Waals surface area contributed by atoms with Gasteiger partial charge in [0.15, 0.2) is 0 Å². The standard InChI is InChI=1S/C17H19FN2O2/c1-11-7-12(8-15(18)16(11)17(21)22)13-9-19-20(10-13)14-5-3-2-4-6-14/h7-10,14H,2-6H2,1H3,(H,21,22). The van der Waals surface area contributed by atoms with E-state index < -0.39 is 11.8 Å². The maximum absolute atomic E-state index is 14.0. The molecule has 4 nitrogen and oxygen atoms in total. The quantitative estimate of drug-likeness (QED) is 0.924. The number of carboxylic acid groups (broad SMARTS) is 1. The Hall–Kier alpha value is -2.17. The molecule has 2 aromatic rings. The molecule has 1 saturated carbocycles. The van der Waals surface area contributed by atoms with Crippen LogP contribution < -0.4 is 0 Å². The molecule has 1 N–H and O–H groups in total. The molecule has 0 aliphatic heterocycles. The summed E-state index contributed by atoms with van der Waals surface area (Å²) in [5.74, 6) is -1.94. The van der Waals surface area contributed by atoms with Gasteiger partial charge in [0.05, 0.1) is 17.8 Å². The molecule has 5 heteroatoms. The number of halogens is 1. The van der Waals surface area contributed by atoms with Gasteiger partial charge in [0, 0.05) is 11.8 Å². The van der Waals surface area contributed by atoms with Crippen molar-refractivity contribution >= 4 is 5.97 Å². The van der Waals surface area contributed by atoms with E-state index in [2.05, 4.69) is 5.10 Å². The number of aromatic nitrogens is 2. The molecule has 1 fully saturated rings. The summed E-state index contributed by atoms with van der Waals surface area (Å²) in [5.41, 5.74) is 1.66. The molecule has 0 atom stereocenters. The lowest BCUT2D eigenvalue weighted by Crippen LogP contribution is -2.12. The molecule has 0 spiro atoms. The van der Waals surface area contributed by atoms with Crippen molar-refractivity contribution in [3.8, 4) is 11.1 Å². The van der Waals surface area contributed by atoms with Crippen LogP contribution in [0.4, 0.5) is 4.39 Å². The maximum atomic E-state index is 14.0. The van der Waals surface area contributed by atoms with Crippen LogP contribution in [0, 0.1) is 12.7 Å². The third kappa shape index (κ3) is 2.75. The van der Waals surface area contributed by atoms with Gasteiger partial charge in [0.2, 0.25) is 0 Å². The van der Waals surface area contributed by atoms with E-state index >= 15 is 0 Å². The summed E-state index contributed by atoms with van der Waals surface area (Å²) < 4.78 is 16.0. The van der Waals surface area contributed by atoms with Gasteiger partial charge in [-0.2, -0.15) is 5.10 Å².